The van der Waals surface area contributed by atoms with Gasteiger partial charge in [0.15, 0.2) is 0 Å². The molecule has 0 N–H and O–H groups in total. The van der Waals surface area contributed by atoms with Gasteiger partial charge in [-0.15, -0.1) is 0 Å². The van der Waals surface area contributed by atoms with Crippen LogP contribution in [0.2, 0.25) is 5.02 Å². The van der Waals surface area contributed by atoms with Crippen molar-refractivity contribution in [2.75, 3.05) is 18.1 Å². The molecule has 1 saturated heterocycles. The molecule has 0 unspecified atom stereocenters. The summed E-state index contributed by atoms with van der Waals surface area (Å²) in [5, 5.41) is 6.94. The highest BCUT2D eigenvalue weighted by atomic mass is 35.5. The van der Waals surface area contributed by atoms with Gasteiger partial charge in [0.2, 0.25) is 0 Å². The summed E-state index contributed by atoms with van der Waals surface area (Å²) in [7, 11) is 0. The second-order valence-electron chi connectivity index (χ2n) is 6.97. The normalized spacial score (nSPS) is 19.4. The molecule has 28 heavy (non-hydrogen) atoms. The molecule has 2 heterocycles. The van der Waals surface area contributed by atoms with Gasteiger partial charge in [-0.25, -0.2) is 4.79 Å². The second-order valence-corrected chi connectivity index (χ2v) is 7.40. The number of benzene rings is 2. The topological polar surface area (TPSA) is 62.2 Å². The molecule has 6 nitrogen and oxygen atoms in total. The lowest BCUT2D eigenvalue weighted by molar-refractivity contribution is -0.153. The minimum atomic E-state index is -0.645. The number of nitrogens with zero attached hydrogens (tertiary/aromatic N) is 3. The fraction of sp³-hybridized carbons (Fsp3) is 0.286. The zero-order chi connectivity index (χ0) is 19.7. The highest BCUT2D eigenvalue weighted by molar-refractivity contribution is 6.42. The van der Waals surface area contributed by atoms with E-state index in [0.29, 0.717) is 23.8 Å². The van der Waals surface area contributed by atoms with Crippen LogP contribution >= 0.6 is 11.6 Å². The van der Waals surface area contributed by atoms with Crippen LogP contribution in [0.15, 0.2) is 59.7 Å². The van der Waals surface area contributed by atoms with Gasteiger partial charge in [-0.3, -0.25) is 9.80 Å². The SMILES string of the molecule is C[C@@H](C(=O)OCc1ccccc1)N1C[C@H]2CN(c3ccc(Cl)cc3)N=C2C1=O. The van der Waals surface area contributed by atoms with Crippen molar-refractivity contribution in [2.45, 2.75) is 19.6 Å². The molecule has 0 aromatic heterocycles. The summed E-state index contributed by atoms with van der Waals surface area (Å²) in [6.45, 7) is 2.96. The van der Waals surface area contributed by atoms with Gasteiger partial charge in [-0.2, -0.15) is 5.10 Å². The van der Waals surface area contributed by atoms with E-state index in [-0.39, 0.29) is 18.4 Å². The van der Waals surface area contributed by atoms with Gasteiger partial charge in [0.1, 0.15) is 18.4 Å². The molecule has 2 aliphatic rings. The van der Waals surface area contributed by atoms with Crippen LogP contribution in [-0.4, -0.2) is 41.6 Å². The molecule has 4 rings (SSSR count). The fourth-order valence-corrected chi connectivity index (χ4v) is 3.59. The van der Waals surface area contributed by atoms with E-state index < -0.39 is 12.0 Å². The Morgan fingerprint density at radius 2 is 1.89 bits per heavy atom. The third-order valence-corrected chi connectivity index (χ3v) is 5.31. The molecule has 2 aromatic carbocycles. The number of hydrogen-bond acceptors (Lipinski definition) is 5. The molecule has 1 amide bonds. The summed E-state index contributed by atoms with van der Waals surface area (Å²) in [6.07, 6.45) is 0. The smallest absolute Gasteiger partial charge is 0.328 e. The van der Waals surface area contributed by atoms with Crippen LogP contribution in [0.25, 0.3) is 0 Å². The minimum Gasteiger partial charge on any atom is -0.459 e. The second kappa shape index (κ2) is 7.64. The lowest BCUT2D eigenvalue weighted by Crippen LogP contribution is -2.42. The first kappa shape index (κ1) is 18.5. The molecule has 0 radical (unpaired) electrons. The number of ether oxygens (including phenoxy) is 1. The van der Waals surface area contributed by atoms with Crippen LogP contribution in [0, 0.1) is 5.92 Å². The molecule has 0 saturated carbocycles. The first-order valence-electron chi connectivity index (χ1n) is 9.16. The standard InChI is InChI=1S/C21H20ClN3O3/c1-14(21(27)28-13-15-5-3-2-4-6-15)24-11-16-12-25(23-19(16)20(24)26)18-9-7-17(22)8-10-18/h2-10,14,16H,11-13H2,1H3/t14-,16-/m0/s1. The zero-order valence-corrected chi connectivity index (χ0v) is 16.2. The van der Waals surface area contributed by atoms with Crippen molar-refractivity contribution in [3.8, 4) is 0 Å². The zero-order valence-electron chi connectivity index (χ0n) is 15.4. The van der Waals surface area contributed by atoms with E-state index in [1.807, 2.05) is 47.5 Å². The van der Waals surface area contributed by atoms with Gasteiger partial charge >= 0.3 is 5.97 Å². The molecular weight excluding hydrogens is 378 g/mol. The Morgan fingerprint density at radius 1 is 1.18 bits per heavy atom. The van der Waals surface area contributed by atoms with E-state index in [9.17, 15) is 9.59 Å². The molecule has 1 fully saturated rings. The first-order valence-corrected chi connectivity index (χ1v) is 9.54. The van der Waals surface area contributed by atoms with Crippen molar-refractivity contribution >= 4 is 34.9 Å². The van der Waals surface area contributed by atoms with Crippen LogP contribution in [-0.2, 0) is 20.9 Å². The number of rotatable bonds is 5. The maximum atomic E-state index is 12.8. The third kappa shape index (κ3) is 3.60. The maximum Gasteiger partial charge on any atom is 0.328 e. The molecule has 2 aromatic rings. The Balaban J connectivity index is 1.40. The number of fused-ring (bicyclic) bond motifs is 1. The van der Waals surface area contributed by atoms with Crippen LogP contribution in [0.1, 0.15) is 12.5 Å². The quantitative estimate of drug-likeness (QED) is 0.727. The van der Waals surface area contributed by atoms with Crippen molar-refractivity contribution < 1.29 is 14.3 Å². The van der Waals surface area contributed by atoms with Crippen LogP contribution in [0.4, 0.5) is 5.69 Å². The predicted octanol–water partition coefficient (Wildman–Crippen LogP) is 3.11. The van der Waals surface area contributed by atoms with Gasteiger partial charge in [0, 0.05) is 17.5 Å². The largest absolute Gasteiger partial charge is 0.459 e. The number of anilines is 1. The lowest BCUT2D eigenvalue weighted by atomic mass is 10.1. The number of carbonyl (C=O) groups is 2. The van der Waals surface area contributed by atoms with Crippen molar-refractivity contribution in [1.82, 2.24) is 4.90 Å². The number of hydrogen-bond donors (Lipinski definition) is 0. The molecule has 2 atom stereocenters. The van der Waals surface area contributed by atoms with Crippen LogP contribution in [0.5, 0.6) is 0 Å². The van der Waals surface area contributed by atoms with Gasteiger partial charge in [0.05, 0.1) is 12.2 Å². The van der Waals surface area contributed by atoms with Crippen LogP contribution < -0.4 is 5.01 Å². The third-order valence-electron chi connectivity index (χ3n) is 5.06. The van der Waals surface area contributed by atoms with Gasteiger partial charge < -0.3 is 9.64 Å². The van der Waals surface area contributed by atoms with E-state index in [0.717, 1.165) is 11.3 Å². The van der Waals surface area contributed by atoms with Crippen molar-refractivity contribution in [3.63, 3.8) is 0 Å². The fourth-order valence-electron chi connectivity index (χ4n) is 3.46. The van der Waals surface area contributed by atoms with Gasteiger partial charge in [-0.1, -0.05) is 41.9 Å². The monoisotopic (exact) mass is 397 g/mol. The Labute approximate surface area is 168 Å². The number of likely N-dealkylation sites (tertiary alicyclic amines) is 1. The van der Waals surface area contributed by atoms with Gasteiger partial charge in [0.25, 0.3) is 5.91 Å². The van der Waals surface area contributed by atoms with E-state index in [1.165, 1.54) is 0 Å². The summed E-state index contributed by atoms with van der Waals surface area (Å²) in [4.78, 5) is 26.7. The van der Waals surface area contributed by atoms with Gasteiger partial charge in [-0.05, 0) is 36.8 Å². The average molecular weight is 398 g/mol. The number of halogens is 1. The molecule has 0 aliphatic carbocycles. The number of esters is 1. The first-order chi connectivity index (χ1) is 13.5. The summed E-state index contributed by atoms with van der Waals surface area (Å²) in [6, 6.07) is 16.2. The highest BCUT2D eigenvalue weighted by Crippen LogP contribution is 2.29. The van der Waals surface area contributed by atoms with Crippen LogP contribution in [0.3, 0.4) is 0 Å². The van der Waals surface area contributed by atoms with Crippen molar-refractivity contribution in [2.24, 2.45) is 11.0 Å². The summed E-state index contributed by atoms with van der Waals surface area (Å²) >= 11 is 5.93. The summed E-state index contributed by atoms with van der Waals surface area (Å²) in [5.74, 6) is -0.634. The van der Waals surface area contributed by atoms with E-state index >= 15 is 0 Å². The lowest BCUT2D eigenvalue weighted by Gasteiger charge is -2.24. The Bertz CT molecular complexity index is 914. The number of carbonyl (C=O) groups excluding carboxylic acids is 2. The molecule has 7 heteroatoms. The molecule has 2 aliphatic heterocycles. The molecule has 144 valence electrons. The Morgan fingerprint density at radius 3 is 2.57 bits per heavy atom. The van der Waals surface area contributed by atoms with E-state index in [4.69, 9.17) is 16.3 Å². The van der Waals surface area contributed by atoms with Crippen molar-refractivity contribution in [1.29, 1.82) is 0 Å². The Hall–Kier alpha value is -2.86. The Kier molecular flexibility index (Phi) is 5.05. The number of hydrazone groups is 1. The summed E-state index contributed by atoms with van der Waals surface area (Å²) < 4.78 is 5.38. The maximum absolute atomic E-state index is 12.8. The minimum absolute atomic E-state index is 0.0208. The molecule has 0 spiro atoms. The highest BCUT2D eigenvalue weighted by Gasteiger charge is 2.45. The van der Waals surface area contributed by atoms with E-state index in [1.54, 1.807) is 24.0 Å². The van der Waals surface area contributed by atoms with Crippen molar-refractivity contribution in [3.05, 3.63) is 65.2 Å². The molecular formula is C21H20ClN3O3. The number of amides is 1. The van der Waals surface area contributed by atoms with E-state index in [2.05, 4.69) is 5.10 Å². The average Bonchev–Trinajstić information content (AvgIpc) is 3.26. The summed E-state index contributed by atoms with van der Waals surface area (Å²) in [5.41, 5.74) is 2.30. The molecule has 0 bridgehead atoms. The predicted molar refractivity (Wildman–Crippen MR) is 107 cm³/mol.